The van der Waals surface area contributed by atoms with Crippen molar-refractivity contribution >= 4 is 11.9 Å². The Hall–Kier alpha value is -2.91. The van der Waals surface area contributed by atoms with Crippen molar-refractivity contribution in [2.75, 3.05) is 0 Å². The van der Waals surface area contributed by atoms with Crippen LogP contribution >= 0.6 is 0 Å². The van der Waals surface area contributed by atoms with Crippen LogP contribution < -0.4 is 0 Å². The third kappa shape index (κ3) is 2.81. The fourth-order valence-corrected chi connectivity index (χ4v) is 1.49. The summed E-state index contributed by atoms with van der Waals surface area (Å²) in [5.41, 5.74) is 2.76. The number of nitriles is 2. The maximum atomic E-state index is 8.79. The van der Waals surface area contributed by atoms with E-state index in [1.807, 2.05) is 18.2 Å². The minimum Gasteiger partial charge on any atom is -0.256 e. The van der Waals surface area contributed by atoms with Crippen LogP contribution in [0.3, 0.4) is 0 Å². The SMILES string of the molecule is N#Cc1cccc(C=Nc2cccc(C#N)c2)c1. The van der Waals surface area contributed by atoms with E-state index in [1.165, 1.54) is 0 Å². The number of nitrogens with zero attached hydrogens (tertiary/aromatic N) is 3. The Balaban J connectivity index is 2.25. The first kappa shape index (κ1) is 11.6. The standard InChI is InChI=1S/C15H9N3/c16-9-12-3-1-5-14(7-12)11-18-15-6-2-4-13(8-15)10-17/h1-8,11H. The summed E-state index contributed by atoms with van der Waals surface area (Å²) in [7, 11) is 0. The van der Waals surface area contributed by atoms with E-state index in [0.717, 1.165) is 11.3 Å². The molecule has 0 aromatic heterocycles. The van der Waals surface area contributed by atoms with Gasteiger partial charge in [0.05, 0.1) is 29.0 Å². The van der Waals surface area contributed by atoms with Crippen LogP contribution in [0.25, 0.3) is 0 Å². The Labute approximate surface area is 105 Å². The molecule has 0 saturated carbocycles. The molecule has 3 nitrogen and oxygen atoms in total. The number of hydrogen-bond donors (Lipinski definition) is 0. The van der Waals surface area contributed by atoms with Gasteiger partial charge >= 0.3 is 0 Å². The molecule has 3 heteroatoms. The van der Waals surface area contributed by atoms with Crippen molar-refractivity contribution in [2.45, 2.75) is 0 Å². The van der Waals surface area contributed by atoms with Gasteiger partial charge in [0, 0.05) is 6.21 Å². The van der Waals surface area contributed by atoms with Crippen molar-refractivity contribution in [3.05, 3.63) is 65.2 Å². The van der Waals surface area contributed by atoms with Crippen LogP contribution in [-0.4, -0.2) is 6.21 Å². The Bertz CT molecular complexity index is 613. The molecule has 0 aliphatic carbocycles. The van der Waals surface area contributed by atoms with E-state index < -0.39 is 0 Å². The summed E-state index contributed by atoms with van der Waals surface area (Å²) < 4.78 is 0. The first-order valence-electron chi connectivity index (χ1n) is 5.36. The minimum atomic E-state index is 0.579. The van der Waals surface area contributed by atoms with Crippen LogP contribution in [0.2, 0.25) is 0 Å². The van der Waals surface area contributed by atoms with Crippen LogP contribution in [-0.2, 0) is 0 Å². The molecule has 0 unspecified atom stereocenters. The molecule has 0 aliphatic rings. The fourth-order valence-electron chi connectivity index (χ4n) is 1.49. The van der Waals surface area contributed by atoms with Gasteiger partial charge in [0.2, 0.25) is 0 Å². The van der Waals surface area contributed by atoms with Crippen molar-refractivity contribution in [3.63, 3.8) is 0 Å². The molecule has 0 heterocycles. The smallest absolute Gasteiger partial charge is 0.0992 e. The lowest BCUT2D eigenvalue weighted by Gasteiger charge is -1.95. The third-order valence-corrected chi connectivity index (χ3v) is 2.35. The van der Waals surface area contributed by atoms with Gasteiger partial charge in [0.15, 0.2) is 0 Å². The average Bonchev–Trinajstić information content (AvgIpc) is 2.45. The van der Waals surface area contributed by atoms with Crippen LogP contribution in [0, 0.1) is 22.7 Å². The van der Waals surface area contributed by atoms with E-state index in [-0.39, 0.29) is 0 Å². The van der Waals surface area contributed by atoms with Gasteiger partial charge < -0.3 is 0 Å². The van der Waals surface area contributed by atoms with Crippen molar-refractivity contribution in [1.82, 2.24) is 0 Å². The predicted octanol–water partition coefficient (Wildman–Crippen LogP) is 3.18. The normalized spacial score (nSPS) is 9.89. The zero-order valence-corrected chi connectivity index (χ0v) is 9.54. The van der Waals surface area contributed by atoms with Gasteiger partial charge in [-0.15, -0.1) is 0 Å². The molecule has 0 bridgehead atoms. The van der Waals surface area contributed by atoms with Gasteiger partial charge in [0.1, 0.15) is 0 Å². The third-order valence-electron chi connectivity index (χ3n) is 2.35. The van der Waals surface area contributed by atoms with E-state index in [4.69, 9.17) is 10.5 Å². The second kappa shape index (κ2) is 5.43. The van der Waals surface area contributed by atoms with Gasteiger partial charge in [-0.1, -0.05) is 18.2 Å². The lowest BCUT2D eigenvalue weighted by Crippen LogP contribution is -1.82. The van der Waals surface area contributed by atoms with Gasteiger partial charge in [-0.3, -0.25) is 4.99 Å². The zero-order chi connectivity index (χ0) is 12.8. The van der Waals surface area contributed by atoms with Crippen molar-refractivity contribution in [1.29, 1.82) is 10.5 Å². The Morgan fingerprint density at radius 1 is 0.889 bits per heavy atom. The second-order valence-corrected chi connectivity index (χ2v) is 3.66. The molecule has 18 heavy (non-hydrogen) atoms. The molecule has 0 aliphatic heterocycles. The summed E-state index contributed by atoms with van der Waals surface area (Å²) in [6.45, 7) is 0. The fraction of sp³-hybridized carbons (Fsp3) is 0. The highest BCUT2D eigenvalue weighted by Gasteiger charge is 1.94. The largest absolute Gasteiger partial charge is 0.256 e. The first-order chi connectivity index (χ1) is 8.81. The molecule has 0 amide bonds. The summed E-state index contributed by atoms with van der Waals surface area (Å²) in [5.74, 6) is 0. The van der Waals surface area contributed by atoms with Crippen LogP contribution in [0.1, 0.15) is 16.7 Å². The highest BCUT2D eigenvalue weighted by atomic mass is 14.7. The summed E-state index contributed by atoms with van der Waals surface area (Å²) in [5, 5.41) is 17.6. The maximum Gasteiger partial charge on any atom is 0.0992 e. The van der Waals surface area contributed by atoms with Crippen LogP contribution in [0.5, 0.6) is 0 Å². The van der Waals surface area contributed by atoms with Crippen molar-refractivity contribution < 1.29 is 0 Å². The van der Waals surface area contributed by atoms with Crippen LogP contribution in [0.15, 0.2) is 53.5 Å². The monoisotopic (exact) mass is 231 g/mol. The first-order valence-corrected chi connectivity index (χ1v) is 5.36. The average molecular weight is 231 g/mol. The molecular formula is C15H9N3. The number of benzene rings is 2. The van der Waals surface area contributed by atoms with Crippen molar-refractivity contribution in [3.8, 4) is 12.1 Å². The molecular weight excluding hydrogens is 222 g/mol. The second-order valence-electron chi connectivity index (χ2n) is 3.66. The van der Waals surface area contributed by atoms with Crippen molar-refractivity contribution in [2.24, 2.45) is 4.99 Å². The maximum absolute atomic E-state index is 8.79. The molecule has 2 aromatic carbocycles. The molecule has 0 radical (unpaired) electrons. The lowest BCUT2D eigenvalue weighted by molar-refractivity contribution is 1.45. The molecule has 2 rings (SSSR count). The summed E-state index contributed by atoms with van der Waals surface area (Å²) in [4.78, 5) is 4.27. The molecule has 0 N–H and O–H groups in total. The van der Waals surface area contributed by atoms with Gasteiger partial charge in [-0.05, 0) is 35.9 Å². The lowest BCUT2D eigenvalue weighted by atomic mass is 10.1. The molecule has 84 valence electrons. The summed E-state index contributed by atoms with van der Waals surface area (Å²) in [6.07, 6.45) is 1.68. The molecule has 0 saturated heterocycles. The van der Waals surface area contributed by atoms with E-state index in [0.29, 0.717) is 11.1 Å². The number of aliphatic imine (C=N–C) groups is 1. The van der Waals surface area contributed by atoms with E-state index in [2.05, 4.69) is 17.1 Å². The number of hydrogen-bond acceptors (Lipinski definition) is 3. The topological polar surface area (TPSA) is 59.9 Å². The highest BCUT2D eigenvalue weighted by Crippen LogP contribution is 2.13. The Morgan fingerprint density at radius 2 is 1.56 bits per heavy atom. The molecule has 0 spiro atoms. The van der Waals surface area contributed by atoms with Gasteiger partial charge in [0.25, 0.3) is 0 Å². The predicted molar refractivity (Wildman–Crippen MR) is 69.6 cm³/mol. The molecule has 0 fully saturated rings. The molecule has 0 atom stereocenters. The highest BCUT2D eigenvalue weighted by molar-refractivity contribution is 5.82. The van der Waals surface area contributed by atoms with E-state index >= 15 is 0 Å². The molecule has 2 aromatic rings. The van der Waals surface area contributed by atoms with Gasteiger partial charge in [-0.25, -0.2) is 0 Å². The van der Waals surface area contributed by atoms with E-state index in [1.54, 1.807) is 36.5 Å². The van der Waals surface area contributed by atoms with E-state index in [9.17, 15) is 0 Å². The Morgan fingerprint density at radius 3 is 2.28 bits per heavy atom. The quantitative estimate of drug-likeness (QED) is 0.745. The zero-order valence-electron chi connectivity index (χ0n) is 9.54. The summed E-state index contributed by atoms with van der Waals surface area (Å²) >= 11 is 0. The summed E-state index contributed by atoms with van der Waals surface area (Å²) in [6, 6.07) is 18.4. The number of rotatable bonds is 2. The minimum absolute atomic E-state index is 0.579. The van der Waals surface area contributed by atoms with Crippen LogP contribution in [0.4, 0.5) is 5.69 Å². The van der Waals surface area contributed by atoms with Gasteiger partial charge in [-0.2, -0.15) is 10.5 Å². The Kier molecular flexibility index (Phi) is 3.49.